The molecule has 3 aromatic rings. The lowest BCUT2D eigenvalue weighted by atomic mass is 10.1. The standard InChI is InChI=1S/C22H25N5O2/c1-25-19(17-8-4-3-5-9-17)16-21(24-25)23-22(28)27-14-12-26(13-15-27)18-10-6-7-11-20(18)29-2/h3-11,16H,12-15H2,1-2H3,(H,23,24,28). The Morgan fingerprint density at radius 3 is 2.41 bits per heavy atom. The van der Waals surface area contributed by atoms with Crippen molar-refractivity contribution in [3.63, 3.8) is 0 Å². The number of anilines is 2. The fourth-order valence-electron chi connectivity index (χ4n) is 3.64. The quantitative estimate of drug-likeness (QED) is 0.740. The minimum atomic E-state index is -0.123. The Morgan fingerprint density at radius 1 is 1.00 bits per heavy atom. The number of nitrogens with one attached hydrogen (secondary N) is 1. The van der Waals surface area contributed by atoms with E-state index in [0.29, 0.717) is 18.9 Å². The molecule has 0 radical (unpaired) electrons. The molecule has 4 rings (SSSR count). The SMILES string of the molecule is COc1ccccc1N1CCN(C(=O)Nc2cc(-c3ccccc3)n(C)n2)CC1. The maximum absolute atomic E-state index is 12.7. The third-order valence-corrected chi connectivity index (χ3v) is 5.18. The number of piperazine rings is 1. The monoisotopic (exact) mass is 391 g/mol. The highest BCUT2D eigenvalue weighted by Crippen LogP contribution is 2.28. The lowest BCUT2D eigenvalue weighted by Crippen LogP contribution is -2.50. The predicted molar refractivity (Wildman–Crippen MR) is 114 cm³/mol. The number of urea groups is 1. The molecular weight excluding hydrogens is 366 g/mol. The van der Waals surface area contributed by atoms with Crippen LogP contribution in [0.3, 0.4) is 0 Å². The average Bonchev–Trinajstić information content (AvgIpc) is 3.14. The fraction of sp³-hybridized carbons (Fsp3) is 0.273. The summed E-state index contributed by atoms with van der Waals surface area (Å²) in [5.41, 5.74) is 3.09. The van der Waals surface area contributed by atoms with Crippen LogP contribution >= 0.6 is 0 Å². The van der Waals surface area contributed by atoms with E-state index in [1.165, 1.54) is 0 Å². The topological polar surface area (TPSA) is 62.6 Å². The first-order valence-corrected chi connectivity index (χ1v) is 9.69. The second-order valence-electron chi connectivity index (χ2n) is 6.98. The molecule has 0 spiro atoms. The second-order valence-corrected chi connectivity index (χ2v) is 6.98. The van der Waals surface area contributed by atoms with Gasteiger partial charge in [-0.3, -0.25) is 10.00 Å². The Balaban J connectivity index is 1.38. The lowest BCUT2D eigenvalue weighted by molar-refractivity contribution is 0.208. The van der Waals surface area contributed by atoms with E-state index in [9.17, 15) is 4.79 Å². The Hall–Kier alpha value is -3.48. The summed E-state index contributed by atoms with van der Waals surface area (Å²) < 4.78 is 7.24. The summed E-state index contributed by atoms with van der Waals surface area (Å²) in [5, 5.41) is 7.37. The summed E-state index contributed by atoms with van der Waals surface area (Å²) in [6.07, 6.45) is 0. The maximum Gasteiger partial charge on any atom is 0.323 e. The molecule has 2 amide bonds. The number of aryl methyl sites for hydroxylation is 1. The van der Waals surface area contributed by atoms with Crippen LogP contribution < -0.4 is 15.0 Å². The Labute approximate surface area is 170 Å². The molecule has 2 heterocycles. The van der Waals surface area contributed by atoms with Crippen LogP contribution in [0.25, 0.3) is 11.3 Å². The summed E-state index contributed by atoms with van der Waals surface area (Å²) in [5.74, 6) is 1.41. The third-order valence-electron chi connectivity index (χ3n) is 5.18. The summed E-state index contributed by atoms with van der Waals surface area (Å²) in [6.45, 7) is 2.79. The number of para-hydroxylation sites is 2. The van der Waals surface area contributed by atoms with Crippen molar-refractivity contribution in [2.45, 2.75) is 0 Å². The third kappa shape index (κ3) is 4.03. The van der Waals surface area contributed by atoms with Crippen LogP contribution in [0.5, 0.6) is 5.75 Å². The molecule has 0 aliphatic carbocycles. The number of ether oxygens (including phenoxy) is 1. The van der Waals surface area contributed by atoms with Gasteiger partial charge in [-0.25, -0.2) is 4.79 Å². The minimum Gasteiger partial charge on any atom is -0.495 e. The van der Waals surface area contributed by atoms with Crippen LogP contribution in [-0.4, -0.2) is 54.0 Å². The first kappa shape index (κ1) is 18.9. The van der Waals surface area contributed by atoms with Crippen LogP contribution in [0.2, 0.25) is 0 Å². The van der Waals surface area contributed by atoms with Crippen molar-refractivity contribution in [3.05, 3.63) is 60.7 Å². The van der Waals surface area contributed by atoms with Crippen LogP contribution in [0.15, 0.2) is 60.7 Å². The normalized spacial score (nSPS) is 14.0. The van der Waals surface area contributed by atoms with Gasteiger partial charge in [0.05, 0.1) is 18.5 Å². The van der Waals surface area contributed by atoms with Gasteiger partial charge in [0.15, 0.2) is 5.82 Å². The predicted octanol–water partition coefficient (Wildman–Crippen LogP) is 3.45. The van der Waals surface area contributed by atoms with Gasteiger partial charge in [-0.05, 0) is 17.7 Å². The Bertz CT molecular complexity index is 978. The molecule has 29 heavy (non-hydrogen) atoms. The molecule has 7 heteroatoms. The van der Waals surface area contributed by atoms with Crippen LogP contribution in [0.4, 0.5) is 16.3 Å². The molecule has 1 N–H and O–H groups in total. The summed E-state index contributed by atoms with van der Waals surface area (Å²) in [4.78, 5) is 16.8. The molecule has 1 aromatic heterocycles. The Morgan fingerprint density at radius 2 is 1.69 bits per heavy atom. The van der Waals surface area contributed by atoms with Crippen molar-refractivity contribution in [1.82, 2.24) is 14.7 Å². The van der Waals surface area contributed by atoms with E-state index in [2.05, 4.69) is 15.3 Å². The van der Waals surface area contributed by atoms with Gasteiger partial charge in [0, 0.05) is 39.3 Å². The zero-order chi connectivity index (χ0) is 20.2. The molecular formula is C22H25N5O2. The van der Waals surface area contributed by atoms with Gasteiger partial charge >= 0.3 is 6.03 Å². The number of hydrogen-bond donors (Lipinski definition) is 1. The summed E-state index contributed by atoms with van der Waals surface area (Å²) in [6, 6.07) is 19.8. The van der Waals surface area contributed by atoms with Gasteiger partial charge in [-0.2, -0.15) is 5.10 Å². The van der Waals surface area contributed by atoms with Crippen molar-refractivity contribution < 1.29 is 9.53 Å². The molecule has 0 saturated carbocycles. The van der Waals surface area contributed by atoms with Gasteiger partial charge in [-0.15, -0.1) is 0 Å². The van der Waals surface area contributed by atoms with Gasteiger partial charge in [0.25, 0.3) is 0 Å². The zero-order valence-electron chi connectivity index (χ0n) is 16.7. The number of carbonyl (C=O) groups is 1. The van der Waals surface area contributed by atoms with E-state index in [4.69, 9.17) is 4.74 Å². The van der Waals surface area contributed by atoms with Gasteiger partial charge in [0.2, 0.25) is 0 Å². The van der Waals surface area contributed by atoms with Crippen LogP contribution in [-0.2, 0) is 7.05 Å². The van der Waals surface area contributed by atoms with Gasteiger partial charge in [0.1, 0.15) is 5.75 Å². The molecule has 7 nitrogen and oxygen atoms in total. The molecule has 1 saturated heterocycles. The maximum atomic E-state index is 12.7. The number of methoxy groups -OCH3 is 1. The second kappa shape index (κ2) is 8.26. The first-order chi connectivity index (χ1) is 14.2. The van der Waals surface area contributed by atoms with Crippen molar-refractivity contribution in [2.24, 2.45) is 7.05 Å². The molecule has 150 valence electrons. The molecule has 1 fully saturated rings. The van der Waals surface area contributed by atoms with E-state index in [1.54, 1.807) is 11.8 Å². The number of nitrogens with zero attached hydrogens (tertiary/aromatic N) is 4. The number of aromatic nitrogens is 2. The average molecular weight is 391 g/mol. The summed E-state index contributed by atoms with van der Waals surface area (Å²) in [7, 11) is 3.56. The van der Waals surface area contributed by atoms with Crippen LogP contribution in [0, 0.1) is 0 Å². The van der Waals surface area contributed by atoms with Crippen molar-refractivity contribution >= 4 is 17.5 Å². The number of rotatable bonds is 4. The van der Waals surface area contributed by atoms with Gasteiger partial charge < -0.3 is 14.5 Å². The van der Waals surface area contributed by atoms with E-state index >= 15 is 0 Å². The molecule has 0 unspecified atom stereocenters. The minimum absolute atomic E-state index is 0.123. The summed E-state index contributed by atoms with van der Waals surface area (Å²) >= 11 is 0. The van der Waals surface area contributed by atoms with Crippen molar-refractivity contribution in [1.29, 1.82) is 0 Å². The highest BCUT2D eigenvalue weighted by Gasteiger charge is 2.23. The molecule has 1 aliphatic heterocycles. The fourth-order valence-corrected chi connectivity index (χ4v) is 3.64. The van der Waals surface area contributed by atoms with Gasteiger partial charge in [-0.1, -0.05) is 42.5 Å². The molecule has 0 atom stereocenters. The molecule has 0 bridgehead atoms. The van der Waals surface area contributed by atoms with Crippen LogP contribution in [0.1, 0.15) is 0 Å². The number of benzene rings is 2. The lowest BCUT2D eigenvalue weighted by Gasteiger charge is -2.36. The van der Waals surface area contributed by atoms with Crippen molar-refractivity contribution in [2.75, 3.05) is 43.5 Å². The number of hydrogen-bond acceptors (Lipinski definition) is 4. The smallest absolute Gasteiger partial charge is 0.323 e. The number of amides is 2. The Kier molecular flexibility index (Phi) is 5.37. The molecule has 2 aromatic carbocycles. The van der Waals surface area contributed by atoms with E-state index in [0.717, 1.165) is 35.8 Å². The highest BCUT2D eigenvalue weighted by molar-refractivity contribution is 5.89. The van der Waals surface area contributed by atoms with E-state index in [-0.39, 0.29) is 6.03 Å². The number of carbonyl (C=O) groups excluding carboxylic acids is 1. The molecule has 1 aliphatic rings. The zero-order valence-corrected chi connectivity index (χ0v) is 16.7. The first-order valence-electron chi connectivity index (χ1n) is 9.69. The largest absolute Gasteiger partial charge is 0.495 e. The van der Waals surface area contributed by atoms with Crippen molar-refractivity contribution in [3.8, 4) is 17.0 Å². The van der Waals surface area contributed by atoms with E-state index < -0.39 is 0 Å². The van der Waals surface area contributed by atoms with E-state index in [1.807, 2.05) is 72.6 Å². The highest BCUT2D eigenvalue weighted by atomic mass is 16.5.